The van der Waals surface area contributed by atoms with Crippen LogP contribution in [0.25, 0.3) is 0 Å². The summed E-state index contributed by atoms with van der Waals surface area (Å²) < 4.78 is 15.7. The highest BCUT2D eigenvalue weighted by molar-refractivity contribution is 6.00. The van der Waals surface area contributed by atoms with E-state index in [1.807, 2.05) is 0 Å². The van der Waals surface area contributed by atoms with Crippen LogP contribution in [0.2, 0.25) is 0 Å². The quantitative estimate of drug-likeness (QED) is 0.694. The molecule has 0 bridgehead atoms. The standard InChI is InChI=1S/C19H27N3O5/c1-25-13-3-4-16(17(11-13)26-2)21-19(24)15-12-14(15)18(23)20-5-6-22-7-9-27-10-8-22/h3-4,11,14-15H,5-10,12H2,1-2H3,(H,20,23)(H,21,24). The van der Waals surface area contributed by atoms with Gasteiger partial charge in [0.25, 0.3) is 0 Å². The summed E-state index contributed by atoms with van der Waals surface area (Å²) in [4.78, 5) is 26.9. The molecule has 1 saturated heterocycles. The molecule has 2 fully saturated rings. The molecule has 8 heteroatoms. The van der Waals surface area contributed by atoms with Crippen molar-refractivity contribution in [2.75, 3.05) is 58.9 Å². The van der Waals surface area contributed by atoms with E-state index in [1.54, 1.807) is 25.3 Å². The van der Waals surface area contributed by atoms with E-state index in [9.17, 15) is 9.59 Å². The molecular weight excluding hydrogens is 350 g/mol. The van der Waals surface area contributed by atoms with E-state index in [1.165, 1.54) is 7.11 Å². The van der Waals surface area contributed by atoms with Crippen molar-refractivity contribution in [1.29, 1.82) is 0 Å². The van der Waals surface area contributed by atoms with Crippen LogP contribution in [-0.2, 0) is 14.3 Å². The highest BCUT2D eigenvalue weighted by Crippen LogP contribution is 2.40. The van der Waals surface area contributed by atoms with Gasteiger partial charge >= 0.3 is 0 Å². The van der Waals surface area contributed by atoms with Gasteiger partial charge in [0.1, 0.15) is 11.5 Å². The number of amides is 2. The predicted octanol–water partition coefficient (Wildman–Crippen LogP) is 0.727. The average molecular weight is 377 g/mol. The smallest absolute Gasteiger partial charge is 0.228 e. The van der Waals surface area contributed by atoms with Gasteiger partial charge in [-0.2, -0.15) is 0 Å². The highest BCUT2D eigenvalue weighted by Gasteiger charge is 2.48. The zero-order valence-electron chi connectivity index (χ0n) is 15.8. The number of hydrogen-bond donors (Lipinski definition) is 2. The van der Waals surface area contributed by atoms with Gasteiger partial charge in [-0.3, -0.25) is 14.5 Å². The first-order chi connectivity index (χ1) is 13.1. The van der Waals surface area contributed by atoms with E-state index in [-0.39, 0.29) is 23.7 Å². The molecule has 27 heavy (non-hydrogen) atoms. The van der Waals surface area contributed by atoms with E-state index >= 15 is 0 Å². The second-order valence-corrected chi connectivity index (χ2v) is 6.75. The Hall–Kier alpha value is -2.32. The van der Waals surface area contributed by atoms with Crippen LogP contribution in [0, 0.1) is 11.8 Å². The second-order valence-electron chi connectivity index (χ2n) is 6.75. The molecule has 1 aliphatic heterocycles. The van der Waals surface area contributed by atoms with Crippen molar-refractivity contribution in [2.45, 2.75) is 6.42 Å². The Bertz CT molecular complexity index is 675. The molecule has 2 unspecified atom stereocenters. The number of nitrogens with one attached hydrogen (secondary N) is 2. The number of nitrogens with zero attached hydrogens (tertiary/aromatic N) is 1. The molecule has 2 atom stereocenters. The van der Waals surface area contributed by atoms with Gasteiger partial charge in [-0.25, -0.2) is 0 Å². The van der Waals surface area contributed by atoms with Crippen LogP contribution < -0.4 is 20.1 Å². The van der Waals surface area contributed by atoms with Crippen molar-refractivity contribution in [2.24, 2.45) is 11.8 Å². The Kier molecular flexibility index (Phi) is 6.52. The van der Waals surface area contributed by atoms with Crippen LogP contribution in [0.5, 0.6) is 11.5 Å². The maximum absolute atomic E-state index is 12.4. The number of methoxy groups -OCH3 is 2. The normalized spacial score (nSPS) is 22.0. The van der Waals surface area contributed by atoms with Gasteiger partial charge in [-0.1, -0.05) is 0 Å². The number of rotatable bonds is 8. The molecule has 2 aliphatic rings. The molecule has 2 N–H and O–H groups in total. The minimum atomic E-state index is -0.291. The largest absolute Gasteiger partial charge is 0.497 e. The van der Waals surface area contributed by atoms with Crippen molar-refractivity contribution in [3.05, 3.63) is 18.2 Å². The number of morpholine rings is 1. The molecule has 1 saturated carbocycles. The summed E-state index contributed by atoms with van der Waals surface area (Å²) >= 11 is 0. The van der Waals surface area contributed by atoms with Gasteiger partial charge in [-0.15, -0.1) is 0 Å². The molecule has 3 rings (SSSR count). The van der Waals surface area contributed by atoms with Crippen LogP contribution >= 0.6 is 0 Å². The molecule has 1 aromatic rings. The first-order valence-corrected chi connectivity index (χ1v) is 9.23. The minimum absolute atomic E-state index is 0.0508. The zero-order chi connectivity index (χ0) is 19.2. The highest BCUT2D eigenvalue weighted by atomic mass is 16.5. The summed E-state index contributed by atoms with van der Waals surface area (Å²) in [6.45, 7) is 4.68. The molecule has 8 nitrogen and oxygen atoms in total. The lowest BCUT2D eigenvalue weighted by molar-refractivity contribution is -0.125. The maximum atomic E-state index is 12.4. The Morgan fingerprint density at radius 1 is 1.15 bits per heavy atom. The predicted molar refractivity (Wildman–Crippen MR) is 100 cm³/mol. The number of carbonyl (C=O) groups is 2. The Morgan fingerprint density at radius 2 is 1.89 bits per heavy atom. The average Bonchev–Trinajstić information content (AvgIpc) is 3.50. The number of hydrogen-bond acceptors (Lipinski definition) is 6. The monoisotopic (exact) mass is 377 g/mol. The lowest BCUT2D eigenvalue weighted by Crippen LogP contribution is -2.41. The lowest BCUT2D eigenvalue weighted by Gasteiger charge is -2.26. The van der Waals surface area contributed by atoms with E-state index in [2.05, 4.69) is 15.5 Å². The number of benzene rings is 1. The van der Waals surface area contributed by atoms with Gasteiger partial charge in [0, 0.05) is 32.2 Å². The van der Waals surface area contributed by atoms with Crippen LogP contribution in [0.4, 0.5) is 5.69 Å². The third-order valence-corrected chi connectivity index (χ3v) is 4.96. The summed E-state index contributed by atoms with van der Waals surface area (Å²) in [6.07, 6.45) is 0.577. The Morgan fingerprint density at radius 3 is 2.59 bits per heavy atom. The summed E-state index contributed by atoms with van der Waals surface area (Å²) in [6, 6.07) is 5.19. The topological polar surface area (TPSA) is 89.1 Å². The molecule has 148 valence electrons. The van der Waals surface area contributed by atoms with E-state index in [4.69, 9.17) is 14.2 Å². The number of anilines is 1. The third kappa shape index (κ3) is 5.11. The lowest BCUT2D eigenvalue weighted by atomic mass is 10.2. The van der Waals surface area contributed by atoms with Crippen LogP contribution in [-0.4, -0.2) is 70.3 Å². The SMILES string of the molecule is COc1ccc(NC(=O)C2CC2C(=O)NCCN2CCOCC2)c(OC)c1. The van der Waals surface area contributed by atoms with Crippen molar-refractivity contribution in [3.8, 4) is 11.5 Å². The molecular formula is C19H27N3O5. The van der Waals surface area contributed by atoms with Crippen molar-refractivity contribution < 1.29 is 23.8 Å². The van der Waals surface area contributed by atoms with E-state index in [0.717, 1.165) is 32.8 Å². The Labute approximate surface area is 159 Å². The molecule has 0 spiro atoms. The fourth-order valence-electron chi connectivity index (χ4n) is 3.19. The van der Waals surface area contributed by atoms with E-state index < -0.39 is 0 Å². The van der Waals surface area contributed by atoms with Crippen molar-refractivity contribution in [3.63, 3.8) is 0 Å². The van der Waals surface area contributed by atoms with Gasteiger partial charge in [0.15, 0.2) is 0 Å². The van der Waals surface area contributed by atoms with Crippen molar-refractivity contribution in [1.82, 2.24) is 10.2 Å². The van der Waals surface area contributed by atoms with Gasteiger partial charge in [0.2, 0.25) is 11.8 Å². The summed E-state index contributed by atoms with van der Waals surface area (Å²) in [5.74, 6) is 0.416. The third-order valence-electron chi connectivity index (χ3n) is 4.96. The molecule has 1 heterocycles. The van der Waals surface area contributed by atoms with Gasteiger partial charge in [0.05, 0.1) is 45.0 Å². The fourth-order valence-corrected chi connectivity index (χ4v) is 3.19. The fraction of sp³-hybridized carbons (Fsp3) is 0.579. The Balaban J connectivity index is 1.43. The van der Waals surface area contributed by atoms with Gasteiger partial charge < -0.3 is 24.8 Å². The second kappa shape index (κ2) is 9.05. The summed E-state index contributed by atoms with van der Waals surface area (Å²) in [7, 11) is 3.10. The van der Waals surface area contributed by atoms with E-state index in [0.29, 0.717) is 30.2 Å². The first-order valence-electron chi connectivity index (χ1n) is 9.23. The maximum Gasteiger partial charge on any atom is 0.228 e. The molecule has 2 amide bonds. The number of carbonyl (C=O) groups excluding carboxylic acids is 2. The first kappa shape index (κ1) is 19.4. The van der Waals surface area contributed by atoms with Crippen LogP contribution in [0.15, 0.2) is 18.2 Å². The molecule has 1 aliphatic carbocycles. The van der Waals surface area contributed by atoms with Gasteiger partial charge in [-0.05, 0) is 18.6 Å². The zero-order valence-corrected chi connectivity index (χ0v) is 15.8. The van der Waals surface area contributed by atoms with Crippen molar-refractivity contribution >= 4 is 17.5 Å². The summed E-state index contributed by atoms with van der Waals surface area (Å²) in [5.41, 5.74) is 0.571. The summed E-state index contributed by atoms with van der Waals surface area (Å²) in [5, 5.41) is 5.78. The van der Waals surface area contributed by atoms with Crippen LogP contribution in [0.1, 0.15) is 6.42 Å². The molecule has 0 aromatic heterocycles. The minimum Gasteiger partial charge on any atom is -0.497 e. The molecule has 0 radical (unpaired) electrons. The number of ether oxygens (including phenoxy) is 3. The van der Waals surface area contributed by atoms with Crippen LogP contribution in [0.3, 0.4) is 0 Å². The molecule has 1 aromatic carbocycles.